The van der Waals surface area contributed by atoms with Crippen LogP contribution in [0.5, 0.6) is 5.75 Å². The monoisotopic (exact) mass is 440 g/mol. The Bertz CT molecular complexity index is 726. The van der Waals surface area contributed by atoms with Gasteiger partial charge in [-0.25, -0.2) is 0 Å². The highest BCUT2D eigenvalue weighted by Crippen LogP contribution is 2.30. The van der Waals surface area contributed by atoms with E-state index in [0.717, 1.165) is 31.8 Å². The maximum Gasteiger partial charge on any atom is 0.190 e. The maximum atomic E-state index is 11.4. The number of carbonyl (C=O) groups excluding carboxylic acids is 1. The van der Waals surface area contributed by atoms with E-state index >= 15 is 0 Å². The second-order valence-corrected chi connectivity index (χ2v) is 7.88. The normalized spacial score (nSPS) is 10.7. The molecule has 2 aromatic rings. The van der Waals surface area contributed by atoms with Gasteiger partial charge >= 0.3 is 0 Å². The van der Waals surface area contributed by atoms with Crippen molar-refractivity contribution >= 4 is 39.5 Å². The quantitative estimate of drug-likeness (QED) is 0.442. The number of carbonyl (C=O) groups is 1. The topological polar surface area (TPSA) is 26.3 Å². The van der Waals surface area contributed by atoms with Gasteiger partial charge in [0.25, 0.3) is 0 Å². The fraction of sp³-hybridized carbons (Fsp3) is 0.316. The summed E-state index contributed by atoms with van der Waals surface area (Å²) in [4.78, 5) is 12.4. The number of rotatable bonds is 5. The molecular weight excluding hydrogens is 419 g/mol. The molecule has 0 aliphatic rings. The number of ether oxygens (including phenoxy) is 1. The summed E-state index contributed by atoms with van der Waals surface area (Å²) >= 11 is 3.56. The first kappa shape index (κ1) is 18.3. The van der Waals surface area contributed by atoms with Gasteiger partial charge in [0.2, 0.25) is 0 Å². The smallest absolute Gasteiger partial charge is 0.190 e. The minimum Gasteiger partial charge on any atom is -0.489 e. The van der Waals surface area contributed by atoms with E-state index in [4.69, 9.17) is 4.74 Å². The molecule has 0 fully saturated rings. The molecule has 0 aromatic heterocycles. The summed E-state index contributed by atoms with van der Waals surface area (Å²) in [6.07, 6.45) is 1.03. The van der Waals surface area contributed by atoms with Crippen molar-refractivity contribution in [2.75, 3.05) is 0 Å². The van der Waals surface area contributed by atoms with Crippen LogP contribution in [0.3, 0.4) is 0 Å². The molecule has 23 heavy (non-hydrogen) atoms. The van der Waals surface area contributed by atoms with E-state index in [1.165, 1.54) is 22.9 Å². The van der Waals surface area contributed by atoms with Gasteiger partial charge in [-0.3, -0.25) is 4.79 Å². The zero-order valence-electron chi connectivity index (χ0n) is 13.9. The third kappa shape index (κ3) is 4.73. The van der Waals surface area contributed by atoms with Crippen LogP contribution in [0.2, 0.25) is 0 Å². The van der Waals surface area contributed by atoms with Gasteiger partial charge in [0.1, 0.15) is 12.4 Å². The Hall–Kier alpha value is -1.01. The third-order valence-electron chi connectivity index (χ3n) is 3.72. The van der Waals surface area contributed by atoms with Gasteiger partial charge in [-0.1, -0.05) is 30.8 Å². The van der Waals surface area contributed by atoms with Gasteiger partial charge in [0.15, 0.2) is 5.12 Å². The zero-order chi connectivity index (χ0) is 17.0. The molecule has 0 heterocycles. The summed E-state index contributed by atoms with van der Waals surface area (Å²) < 4.78 is 7.20. The van der Waals surface area contributed by atoms with Gasteiger partial charge < -0.3 is 4.74 Å². The van der Waals surface area contributed by atoms with Crippen LogP contribution in [0, 0.1) is 17.4 Å². The predicted octanol–water partition coefficient (Wildman–Crippen LogP) is 5.69. The van der Waals surface area contributed by atoms with Crippen LogP contribution in [0.25, 0.3) is 0 Å². The van der Waals surface area contributed by atoms with Crippen LogP contribution >= 0.6 is 34.4 Å². The number of thioether (sulfide) groups is 1. The van der Waals surface area contributed by atoms with Crippen LogP contribution in [0.4, 0.5) is 0 Å². The summed E-state index contributed by atoms with van der Waals surface area (Å²) in [5, 5.41) is 0.0903. The van der Waals surface area contributed by atoms with Crippen LogP contribution in [0.1, 0.15) is 36.1 Å². The van der Waals surface area contributed by atoms with Gasteiger partial charge in [-0.2, -0.15) is 0 Å². The Kier molecular flexibility index (Phi) is 6.53. The molecule has 0 unspecified atom stereocenters. The Morgan fingerprint density at radius 3 is 2.61 bits per heavy atom. The summed E-state index contributed by atoms with van der Waals surface area (Å²) in [6.45, 7) is 8.43. The van der Waals surface area contributed by atoms with Crippen LogP contribution in [0.15, 0.2) is 35.2 Å². The highest BCUT2D eigenvalue weighted by molar-refractivity contribution is 14.1. The Labute approximate surface area is 156 Å². The van der Waals surface area contributed by atoms with E-state index in [1.54, 1.807) is 6.92 Å². The zero-order valence-corrected chi connectivity index (χ0v) is 16.9. The minimum atomic E-state index is 0.0903. The minimum absolute atomic E-state index is 0.0903. The third-order valence-corrected chi connectivity index (χ3v) is 5.62. The molecular formula is C19H21IO2S. The molecule has 0 radical (unpaired) electrons. The van der Waals surface area contributed by atoms with E-state index in [-0.39, 0.29) is 5.12 Å². The van der Waals surface area contributed by atoms with Crippen molar-refractivity contribution in [3.8, 4) is 5.75 Å². The molecule has 0 saturated heterocycles. The Morgan fingerprint density at radius 2 is 1.96 bits per heavy atom. The van der Waals surface area contributed by atoms with Crippen molar-refractivity contribution in [3.05, 3.63) is 56.2 Å². The van der Waals surface area contributed by atoms with Crippen molar-refractivity contribution in [2.45, 2.75) is 45.6 Å². The molecule has 0 aliphatic carbocycles. The van der Waals surface area contributed by atoms with Crippen molar-refractivity contribution in [1.29, 1.82) is 0 Å². The molecule has 0 aliphatic heterocycles. The molecule has 2 nitrogen and oxygen atoms in total. The molecule has 0 atom stereocenters. The van der Waals surface area contributed by atoms with Crippen LogP contribution in [-0.2, 0) is 17.8 Å². The van der Waals surface area contributed by atoms with Gasteiger partial charge in [0, 0.05) is 21.0 Å². The summed E-state index contributed by atoms with van der Waals surface area (Å²) in [6, 6.07) is 10.3. The van der Waals surface area contributed by atoms with Gasteiger partial charge in [0.05, 0.1) is 0 Å². The summed E-state index contributed by atoms with van der Waals surface area (Å²) in [5.41, 5.74) is 4.84. The molecule has 0 saturated carbocycles. The lowest BCUT2D eigenvalue weighted by atomic mass is 10.0. The number of benzene rings is 2. The number of aryl methyl sites for hydroxylation is 3. The van der Waals surface area contributed by atoms with Crippen molar-refractivity contribution in [2.24, 2.45) is 0 Å². The summed E-state index contributed by atoms with van der Waals surface area (Å²) in [5.74, 6) is 0.915. The van der Waals surface area contributed by atoms with Crippen molar-refractivity contribution in [1.82, 2.24) is 0 Å². The average Bonchev–Trinajstić information content (AvgIpc) is 2.49. The Morgan fingerprint density at radius 1 is 1.22 bits per heavy atom. The molecule has 0 spiro atoms. The van der Waals surface area contributed by atoms with Gasteiger partial charge in [-0.15, -0.1) is 0 Å². The molecule has 0 bridgehead atoms. The second-order valence-electron chi connectivity index (χ2n) is 5.50. The highest BCUT2D eigenvalue weighted by Gasteiger charge is 2.11. The van der Waals surface area contributed by atoms with Gasteiger partial charge in [-0.05, 0) is 77.7 Å². The van der Waals surface area contributed by atoms with Crippen molar-refractivity contribution < 1.29 is 9.53 Å². The lowest BCUT2D eigenvalue weighted by Crippen LogP contribution is -2.03. The standard InChI is InChI=1S/C19H21IO2S/c1-5-15-9-13(3)18(10-12(15)2)22-11-16-17(20)7-6-8-19(16)23-14(4)21/h6-10H,5,11H2,1-4H3. The number of hydrogen-bond donors (Lipinski definition) is 0. The maximum absolute atomic E-state index is 11.4. The average molecular weight is 440 g/mol. The van der Waals surface area contributed by atoms with Crippen molar-refractivity contribution in [3.63, 3.8) is 0 Å². The first-order chi connectivity index (χ1) is 10.9. The van der Waals surface area contributed by atoms with Crippen LogP contribution in [-0.4, -0.2) is 5.12 Å². The molecule has 0 amide bonds. The van der Waals surface area contributed by atoms with Crippen LogP contribution < -0.4 is 4.74 Å². The molecule has 122 valence electrons. The Balaban J connectivity index is 2.24. The SMILES string of the molecule is CCc1cc(C)c(OCc2c(I)cccc2SC(C)=O)cc1C. The van der Waals surface area contributed by atoms with E-state index in [0.29, 0.717) is 6.61 Å². The summed E-state index contributed by atoms with van der Waals surface area (Å²) in [7, 11) is 0. The first-order valence-corrected chi connectivity index (χ1v) is 9.50. The fourth-order valence-electron chi connectivity index (χ4n) is 2.47. The molecule has 0 N–H and O–H groups in total. The second kappa shape index (κ2) is 8.20. The van der Waals surface area contributed by atoms with E-state index < -0.39 is 0 Å². The predicted molar refractivity (Wildman–Crippen MR) is 105 cm³/mol. The number of hydrogen-bond acceptors (Lipinski definition) is 3. The number of halogens is 1. The van der Waals surface area contributed by atoms with E-state index in [2.05, 4.69) is 55.5 Å². The van der Waals surface area contributed by atoms with E-state index in [9.17, 15) is 4.79 Å². The fourth-order valence-corrected chi connectivity index (χ4v) is 4.05. The highest BCUT2D eigenvalue weighted by atomic mass is 127. The largest absolute Gasteiger partial charge is 0.489 e. The first-order valence-electron chi connectivity index (χ1n) is 7.61. The van der Waals surface area contributed by atoms with E-state index in [1.807, 2.05) is 18.2 Å². The lowest BCUT2D eigenvalue weighted by molar-refractivity contribution is -0.109. The molecule has 2 aromatic carbocycles. The molecule has 2 rings (SSSR count). The molecule has 4 heteroatoms. The lowest BCUT2D eigenvalue weighted by Gasteiger charge is -2.15.